The smallest absolute Gasteiger partial charge is 0.316 e. The van der Waals surface area contributed by atoms with Crippen molar-refractivity contribution in [3.8, 4) is 0 Å². The summed E-state index contributed by atoms with van der Waals surface area (Å²) in [7, 11) is 0. The summed E-state index contributed by atoms with van der Waals surface area (Å²) in [6, 6.07) is 3.54. The predicted octanol–water partition coefficient (Wildman–Crippen LogP) is 1.59. The van der Waals surface area contributed by atoms with E-state index in [1.807, 2.05) is 0 Å². The van der Waals surface area contributed by atoms with E-state index < -0.39 is 11.2 Å². The van der Waals surface area contributed by atoms with E-state index in [1.54, 1.807) is 31.5 Å². The molecule has 0 saturated heterocycles. The minimum absolute atomic E-state index is 0.526. The number of fused-ring (bicyclic) bond motifs is 1. The van der Waals surface area contributed by atoms with Gasteiger partial charge in [-0.15, -0.1) is 0 Å². The number of hydrogen-bond donors (Lipinski definition) is 1. The lowest BCUT2D eigenvalue weighted by Gasteiger charge is -2.05. The molecule has 1 unspecified atom stereocenters. The SMILES string of the molecule is CC(Sc1ccc2nccnc2n1)C(=O)O. The van der Waals surface area contributed by atoms with Crippen LogP contribution in [0.2, 0.25) is 0 Å². The van der Waals surface area contributed by atoms with Crippen LogP contribution in [0.25, 0.3) is 11.2 Å². The third kappa shape index (κ3) is 2.27. The Balaban J connectivity index is 2.29. The zero-order valence-corrected chi connectivity index (χ0v) is 9.31. The van der Waals surface area contributed by atoms with Gasteiger partial charge in [-0.1, -0.05) is 11.8 Å². The van der Waals surface area contributed by atoms with E-state index in [2.05, 4.69) is 15.0 Å². The molecule has 16 heavy (non-hydrogen) atoms. The number of carboxylic acids is 1. The van der Waals surface area contributed by atoms with Crippen molar-refractivity contribution in [2.45, 2.75) is 17.2 Å². The lowest BCUT2D eigenvalue weighted by molar-refractivity contribution is -0.136. The van der Waals surface area contributed by atoms with Crippen molar-refractivity contribution in [1.29, 1.82) is 0 Å². The van der Waals surface area contributed by atoms with E-state index in [1.165, 1.54) is 11.8 Å². The molecule has 0 radical (unpaired) electrons. The van der Waals surface area contributed by atoms with Gasteiger partial charge < -0.3 is 5.11 Å². The van der Waals surface area contributed by atoms with Crippen molar-refractivity contribution in [3.63, 3.8) is 0 Å². The van der Waals surface area contributed by atoms with Crippen LogP contribution in [0.4, 0.5) is 0 Å². The first-order valence-electron chi connectivity index (χ1n) is 4.64. The molecule has 0 aromatic carbocycles. The predicted molar refractivity (Wildman–Crippen MR) is 60.3 cm³/mol. The molecule has 0 fully saturated rings. The van der Waals surface area contributed by atoms with E-state index in [9.17, 15) is 4.79 Å². The summed E-state index contributed by atoms with van der Waals surface area (Å²) in [5.74, 6) is -0.856. The molecular formula is C10H9N3O2S. The van der Waals surface area contributed by atoms with E-state index in [-0.39, 0.29) is 0 Å². The maximum absolute atomic E-state index is 10.7. The molecule has 1 N–H and O–H groups in total. The molecule has 0 amide bonds. The van der Waals surface area contributed by atoms with E-state index in [0.29, 0.717) is 16.2 Å². The Hall–Kier alpha value is -1.69. The van der Waals surface area contributed by atoms with Gasteiger partial charge in [-0.2, -0.15) is 0 Å². The second-order valence-electron chi connectivity index (χ2n) is 3.15. The highest BCUT2D eigenvalue weighted by molar-refractivity contribution is 8.00. The second-order valence-corrected chi connectivity index (χ2v) is 4.51. The molecule has 2 aromatic rings. The van der Waals surface area contributed by atoms with Crippen molar-refractivity contribution in [2.24, 2.45) is 0 Å². The monoisotopic (exact) mass is 235 g/mol. The Morgan fingerprint density at radius 3 is 2.88 bits per heavy atom. The fraction of sp³-hybridized carbons (Fsp3) is 0.200. The van der Waals surface area contributed by atoms with Crippen molar-refractivity contribution in [1.82, 2.24) is 15.0 Å². The summed E-state index contributed by atoms with van der Waals surface area (Å²) in [5, 5.41) is 8.90. The highest BCUT2D eigenvalue weighted by atomic mass is 32.2. The van der Waals surface area contributed by atoms with Gasteiger partial charge in [0.25, 0.3) is 0 Å². The molecule has 1 atom stereocenters. The molecule has 82 valence electrons. The van der Waals surface area contributed by atoms with Gasteiger partial charge in [0.2, 0.25) is 0 Å². The standard InChI is InChI=1S/C10H9N3O2S/c1-6(10(14)15)16-8-3-2-7-9(13-8)12-5-4-11-7/h2-6H,1H3,(H,14,15). The fourth-order valence-electron chi connectivity index (χ4n) is 1.13. The number of pyridine rings is 1. The van der Waals surface area contributed by atoms with E-state index in [4.69, 9.17) is 5.11 Å². The van der Waals surface area contributed by atoms with E-state index >= 15 is 0 Å². The quantitative estimate of drug-likeness (QED) is 0.814. The Labute approximate surface area is 95.9 Å². The zero-order valence-electron chi connectivity index (χ0n) is 8.49. The van der Waals surface area contributed by atoms with Gasteiger partial charge in [-0.3, -0.25) is 9.78 Å². The third-order valence-corrected chi connectivity index (χ3v) is 2.98. The number of aliphatic carboxylic acids is 1. The minimum atomic E-state index is -0.856. The normalized spacial score (nSPS) is 12.6. The van der Waals surface area contributed by atoms with Crippen LogP contribution in [-0.4, -0.2) is 31.3 Å². The number of nitrogens with zero attached hydrogens (tertiary/aromatic N) is 3. The molecular weight excluding hydrogens is 226 g/mol. The van der Waals surface area contributed by atoms with Crippen molar-refractivity contribution < 1.29 is 9.90 Å². The lowest BCUT2D eigenvalue weighted by Crippen LogP contribution is -2.11. The Kier molecular flexibility index (Phi) is 3.00. The zero-order chi connectivity index (χ0) is 11.5. The fourth-order valence-corrected chi connectivity index (χ4v) is 1.88. The van der Waals surface area contributed by atoms with Gasteiger partial charge >= 0.3 is 5.97 Å². The molecule has 0 bridgehead atoms. The Bertz CT molecular complexity index is 532. The summed E-state index contributed by atoms with van der Waals surface area (Å²) in [4.78, 5) is 23.1. The van der Waals surface area contributed by atoms with Crippen LogP contribution in [0.15, 0.2) is 29.6 Å². The first-order valence-corrected chi connectivity index (χ1v) is 5.52. The summed E-state index contributed by atoms with van der Waals surface area (Å²) < 4.78 is 0. The van der Waals surface area contributed by atoms with Gasteiger partial charge in [-0.25, -0.2) is 9.97 Å². The Morgan fingerprint density at radius 1 is 1.38 bits per heavy atom. The van der Waals surface area contributed by atoms with Crippen LogP contribution >= 0.6 is 11.8 Å². The number of carbonyl (C=O) groups is 1. The van der Waals surface area contributed by atoms with Crippen molar-refractivity contribution >= 4 is 28.9 Å². The number of hydrogen-bond acceptors (Lipinski definition) is 5. The molecule has 0 saturated carbocycles. The molecule has 0 aliphatic rings. The van der Waals surface area contributed by atoms with Crippen LogP contribution in [0, 0.1) is 0 Å². The number of thioether (sulfide) groups is 1. The largest absolute Gasteiger partial charge is 0.480 e. The first-order chi connectivity index (χ1) is 7.66. The topological polar surface area (TPSA) is 76.0 Å². The van der Waals surface area contributed by atoms with E-state index in [0.717, 1.165) is 0 Å². The maximum atomic E-state index is 10.7. The highest BCUT2D eigenvalue weighted by Gasteiger charge is 2.13. The van der Waals surface area contributed by atoms with Crippen molar-refractivity contribution in [2.75, 3.05) is 0 Å². The van der Waals surface area contributed by atoms with Gasteiger partial charge in [0.15, 0.2) is 5.65 Å². The van der Waals surface area contributed by atoms with Crippen LogP contribution in [0.5, 0.6) is 0 Å². The molecule has 0 aliphatic carbocycles. The average Bonchev–Trinajstić information content (AvgIpc) is 2.28. The van der Waals surface area contributed by atoms with Crippen LogP contribution < -0.4 is 0 Å². The summed E-state index contributed by atoms with van der Waals surface area (Å²) in [6.45, 7) is 1.62. The summed E-state index contributed by atoms with van der Waals surface area (Å²) in [6.07, 6.45) is 3.15. The number of carboxylic acid groups (broad SMARTS) is 1. The van der Waals surface area contributed by atoms with Gasteiger partial charge in [0, 0.05) is 12.4 Å². The van der Waals surface area contributed by atoms with Crippen LogP contribution in [-0.2, 0) is 4.79 Å². The molecule has 5 nitrogen and oxygen atoms in total. The van der Waals surface area contributed by atoms with Crippen LogP contribution in [0.1, 0.15) is 6.92 Å². The lowest BCUT2D eigenvalue weighted by atomic mass is 10.4. The molecule has 2 heterocycles. The summed E-state index contributed by atoms with van der Waals surface area (Å²) >= 11 is 1.19. The molecule has 0 aliphatic heterocycles. The second kappa shape index (κ2) is 4.44. The van der Waals surface area contributed by atoms with Crippen LogP contribution in [0.3, 0.4) is 0 Å². The molecule has 0 spiro atoms. The minimum Gasteiger partial charge on any atom is -0.480 e. The van der Waals surface area contributed by atoms with Gasteiger partial charge in [0.1, 0.15) is 10.8 Å². The first kappa shape index (κ1) is 10.8. The average molecular weight is 235 g/mol. The van der Waals surface area contributed by atoms with Gasteiger partial charge in [0.05, 0.1) is 5.03 Å². The Morgan fingerprint density at radius 2 is 2.12 bits per heavy atom. The summed E-state index contributed by atoms with van der Waals surface area (Å²) in [5.41, 5.74) is 1.24. The highest BCUT2D eigenvalue weighted by Crippen LogP contribution is 2.22. The maximum Gasteiger partial charge on any atom is 0.316 e. The molecule has 2 aromatic heterocycles. The van der Waals surface area contributed by atoms with Crippen molar-refractivity contribution in [3.05, 3.63) is 24.5 Å². The molecule has 2 rings (SSSR count). The number of aromatic nitrogens is 3. The third-order valence-electron chi connectivity index (χ3n) is 1.95. The number of rotatable bonds is 3. The molecule has 6 heteroatoms. The van der Waals surface area contributed by atoms with Gasteiger partial charge in [-0.05, 0) is 19.1 Å².